The predicted octanol–water partition coefficient (Wildman–Crippen LogP) is 4.16. The number of rotatable bonds is 5. The number of carbonyl (C=O) groups is 2. The van der Waals surface area contributed by atoms with E-state index in [0.29, 0.717) is 4.88 Å². The number of carboxylic acids is 1. The van der Waals surface area contributed by atoms with E-state index in [1.165, 1.54) is 16.9 Å². The van der Waals surface area contributed by atoms with Crippen LogP contribution in [0.4, 0.5) is 0 Å². The quantitative estimate of drug-likeness (QED) is 0.817. The summed E-state index contributed by atoms with van der Waals surface area (Å²) in [6, 6.07) is 9.60. The number of carbonyl (C=O) groups excluding carboxylic acids is 1. The lowest BCUT2D eigenvalue weighted by molar-refractivity contribution is 0.0701. The number of piperidine rings is 1. The van der Waals surface area contributed by atoms with Crippen molar-refractivity contribution < 1.29 is 14.7 Å². The van der Waals surface area contributed by atoms with Crippen LogP contribution in [0.1, 0.15) is 48.9 Å². The van der Waals surface area contributed by atoms with Crippen LogP contribution < -0.4 is 0 Å². The first-order valence-electron chi connectivity index (χ1n) is 8.60. The van der Waals surface area contributed by atoms with Gasteiger partial charge in [0.1, 0.15) is 4.88 Å². The van der Waals surface area contributed by atoms with Crippen molar-refractivity contribution in [3.63, 3.8) is 0 Å². The zero-order valence-corrected chi connectivity index (χ0v) is 15.4. The van der Waals surface area contributed by atoms with Gasteiger partial charge in [-0.05, 0) is 51.4 Å². The molecule has 2 heterocycles. The maximum absolute atomic E-state index is 12.6. The molecule has 0 unspecified atom stereocenters. The summed E-state index contributed by atoms with van der Waals surface area (Å²) in [6.07, 6.45) is 1.73. The molecule has 132 valence electrons. The molecule has 0 radical (unpaired) electrons. The third-order valence-corrected chi connectivity index (χ3v) is 6.00. The van der Waals surface area contributed by atoms with Crippen molar-refractivity contribution in [2.45, 2.75) is 33.2 Å². The van der Waals surface area contributed by atoms with Crippen molar-refractivity contribution in [2.75, 3.05) is 13.1 Å². The monoisotopic (exact) mass is 357 g/mol. The maximum atomic E-state index is 12.6. The summed E-state index contributed by atoms with van der Waals surface area (Å²) >= 11 is 1.33. The van der Waals surface area contributed by atoms with Crippen LogP contribution in [0.3, 0.4) is 0 Å². The minimum absolute atomic E-state index is 0.0945. The van der Waals surface area contributed by atoms with E-state index in [2.05, 4.69) is 4.90 Å². The van der Waals surface area contributed by atoms with E-state index in [1.54, 1.807) is 6.07 Å². The van der Waals surface area contributed by atoms with Crippen LogP contribution in [0, 0.1) is 19.8 Å². The Labute approximate surface area is 152 Å². The summed E-state index contributed by atoms with van der Waals surface area (Å²) in [7, 11) is 0. The Bertz CT molecular complexity index is 771. The first kappa shape index (κ1) is 17.8. The molecule has 25 heavy (non-hydrogen) atoms. The number of aryl methyl sites for hydroxylation is 2. The van der Waals surface area contributed by atoms with Crippen LogP contribution in [-0.2, 0) is 6.54 Å². The summed E-state index contributed by atoms with van der Waals surface area (Å²) < 4.78 is 0. The summed E-state index contributed by atoms with van der Waals surface area (Å²) in [4.78, 5) is 27.5. The minimum Gasteiger partial charge on any atom is -0.477 e. The number of ketones is 1. The van der Waals surface area contributed by atoms with E-state index in [9.17, 15) is 9.59 Å². The summed E-state index contributed by atoms with van der Waals surface area (Å²) in [5, 5.41) is 9.11. The van der Waals surface area contributed by atoms with E-state index in [0.717, 1.165) is 48.5 Å². The van der Waals surface area contributed by atoms with Gasteiger partial charge in [-0.1, -0.05) is 29.8 Å². The molecule has 3 rings (SSSR count). The van der Waals surface area contributed by atoms with Gasteiger partial charge in [0.15, 0.2) is 5.78 Å². The number of likely N-dealkylation sites (tertiary alicyclic amines) is 1. The number of benzene rings is 1. The SMILES string of the molecule is Cc1ccc(C(=O)C2CCN(Cc3cc(C(=O)O)sc3C)CC2)cc1. The van der Waals surface area contributed by atoms with E-state index in [1.807, 2.05) is 38.1 Å². The Morgan fingerprint density at radius 2 is 1.80 bits per heavy atom. The second-order valence-electron chi connectivity index (χ2n) is 6.78. The van der Waals surface area contributed by atoms with Crippen molar-refractivity contribution in [2.24, 2.45) is 5.92 Å². The molecule has 1 N–H and O–H groups in total. The van der Waals surface area contributed by atoms with E-state index >= 15 is 0 Å². The smallest absolute Gasteiger partial charge is 0.345 e. The highest BCUT2D eigenvalue weighted by Gasteiger charge is 2.26. The lowest BCUT2D eigenvalue weighted by Gasteiger charge is -2.31. The zero-order valence-electron chi connectivity index (χ0n) is 14.6. The maximum Gasteiger partial charge on any atom is 0.345 e. The van der Waals surface area contributed by atoms with Gasteiger partial charge in [0.25, 0.3) is 0 Å². The predicted molar refractivity (Wildman–Crippen MR) is 99.5 cm³/mol. The molecule has 1 aromatic heterocycles. The summed E-state index contributed by atoms with van der Waals surface area (Å²) in [6.45, 7) is 6.51. The molecule has 2 aromatic rings. The van der Waals surface area contributed by atoms with Gasteiger partial charge in [-0.15, -0.1) is 11.3 Å². The van der Waals surface area contributed by atoms with Gasteiger partial charge in [-0.25, -0.2) is 4.79 Å². The Morgan fingerprint density at radius 1 is 1.16 bits per heavy atom. The normalized spacial score (nSPS) is 16.1. The lowest BCUT2D eigenvalue weighted by Crippen LogP contribution is -2.36. The average Bonchev–Trinajstić information content (AvgIpc) is 2.97. The minimum atomic E-state index is -0.859. The van der Waals surface area contributed by atoms with Crippen molar-refractivity contribution >= 4 is 23.1 Å². The molecule has 0 saturated carbocycles. The Balaban J connectivity index is 1.57. The van der Waals surface area contributed by atoms with Crippen LogP contribution in [0.2, 0.25) is 0 Å². The number of carboxylic acid groups (broad SMARTS) is 1. The van der Waals surface area contributed by atoms with Gasteiger partial charge in [-0.3, -0.25) is 9.69 Å². The second kappa shape index (κ2) is 7.50. The molecule has 1 aliphatic heterocycles. The van der Waals surface area contributed by atoms with Gasteiger partial charge >= 0.3 is 5.97 Å². The van der Waals surface area contributed by atoms with Gasteiger partial charge in [0.2, 0.25) is 0 Å². The number of hydrogen-bond donors (Lipinski definition) is 1. The molecule has 1 fully saturated rings. The number of aromatic carboxylic acids is 1. The third kappa shape index (κ3) is 4.17. The number of hydrogen-bond acceptors (Lipinski definition) is 4. The summed E-state index contributed by atoms with van der Waals surface area (Å²) in [5.74, 6) is -0.515. The molecule has 0 bridgehead atoms. The van der Waals surface area contributed by atoms with Crippen LogP contribution >= 0.6 is 11.3 Å². The number of nitrogens with zero attached hydrogens (tertiary/aromatic N) is 1. The molecule has 1 aromatic carbocycles. The first-order valence-corrected chi connectivity index (χ1v) is 9.41. The van der Waals surface area contributed by atoms with Gasteiger partial charge in [0, 0.05) is 22.9 Å². The fraction of sp³-hybridized carbons (Fsp3) is 0.400. The van der Waals surface area contributed by atoms with Crippen LogP contribution in [0.25, 0.3) is 0 Å². The molecule has 0 atom stereocenters. The van der Waals surface area contributed by atoms with E-state index in [4.69, 9.17) is 5.11 Å². The first-order chi connectivity index (χ1) is 11.9. The highest BCUT2D eigenvalue weighted by Crippen LogP contribution is 2.26. The zero-order chi connectivity index (χ0) is 18.0. The van der Waals surface area contributed by atoms with E-state index < -0.39 is 5.97 Å². The average molecular weight is 357 g/mol. The van der Waals surface area contributed by atoms with Gasteiger partial charge in [0.05, 0.1) is 0 Å². The molecule has 0 aliphatic carbocycles. The van der Waals surface area contributed by atoms with Gasteiger partial charge in [-0.2, -0.15) is 0 Å². The highest BCUT2D eigenvalue weighted by molar-refractivity contribution is 7.14. The van der Waals surface area contributed by atoms with Crippen molar-refractivity contribution in [1.82, 2.24) is 4.90 Å². The summed E-state index contributed by atoms with van der Waals surface area (Å²) in [5.41, 5.74) is 3.06. The molecule has 0 amide bonds. The molecule has 0 spiro atoms. The standard InChI is InChI=1S/C20H23NO3S/c1-13-3-5-15(6-4-13)19(22)16-7-9-21(10-8-16)12-17-11-18(20(23)24)25-14(17)2/h3-6,11,16H,7-10,12H2,1-2H3,(H,23,24). The Hall–Kier alpha value is -1.98. The Morgan fingerprint density at radius 3 is 2.36 bits per heavy atom. The molecule has 4 nitrogen and oxygen atoms in total. The van der Waals surface area contributed by atoms with E-state index in [-0.39, 0.29) is 11.7 Å². The topological polar surface area (TPSA) is 57.6 Å². The fourth-order valence-corrected chi connectivity index (χ4v) is 4.20. The molecule has 1 saturated heterocycles. The van der Waals surface area contributed by atoms with Crippen molar-refractivity contribution in [3.05, 3.63) is 56.8 Å². The number of Topliss-reactive ketones (excluding diaryl/α,β-unsaturated/α-hetero) is 1. The highest BCUT2D eigenvalue weighted by atomic mass is 32.1. The fourth-order valence-electron chi connectivity index (χ4n) is 3.33. The third-order valence-electron chi connectivity index (χ3n) is 4.92. The van der Waals surface area contributed by atoms with Crippen LogP contribution in [-0.4, -0.2) is 34.8 Å². The second-order valence-corrected chi connectivity index (χ2v) is 8.03. The van der Waals surface area contributed by atoms with Crippen molar-refractivity contribution in [3.8, 4) is 0 Å². The number of thiophene rings is 1. The van der Waals surface area contributed by atoms with Gasteiger partial charge < -0.3 is 5.11 Å². The lowest BCUT2D eigenvalue weighted by atomic mass is 9.88. The van der Waals surface area contributed by atoms with Crippen LogP contribution in [0.5, 0.6) is 0 Å². The molecule has 5 heteroatoms. The van der Waals surface area contributed by atoms with Crippen LogP contribution in [0.15, 0.2) is 30.3 Å². The largest absolute Gasteiger partial charge is 0.477 e. The molecular formula is C20H23NO3S. The molecule has 1 aliphatic rings. The Kier molecular flexibility index (Phi) is 5.35. The van der Waals surface area contributed by atoms with Crippen molar-refractivity contribution in [1.29, 1.82) is 0 Å². The molecular weight excluding hydrogens is 334 g/mol.